The molecule has 3 rings (SSSR count). The molecule has 0 bridgehead atoms. The maximum atomic E-state index is 9.18. The van der Waals surface area contributed by atoms with Crippen LogP contribution in [0.4, 0.5) is 5.82 Å². The van der Waals surface area contributed by atoms with Gasteiger partial charge in [0, 0.05) is 23.0 Å². The van der Waals surface area contributed by atoms with Crippen LogP contribution in [-0.4, -0.2) is 23.2 Å². The van der Waals surface area contributed by atoms with Gasteiger partial charge in [0.25, 0.3) is 0 Å². The lowest BCUT2D eigenvalue weighted by Crippen LogP contribution is -2.37. The molecule has 4 heteroatoms. The van der Waals surface area contributed by atoms with Crippen LogP contribution in [0.3, 0.4) is 0 Å². The Morgan fingerprint density at radius 3 is 2.80 bits per heavy atom. The van der Waals surface area contributed by atoms with Crippen LogP contribution in [0.25, 0.3) is 10.9 Å². The number of benzene rings is 1. The van der Waals surface area contributed by atoms with E-state index in [2.05, 4.69) is 38.4 Å². The first-order valence-corrected chi connectivity index (χ1v) is 7.91. The second-order valence-corrected chi connectivity index (χ2v) is 6.63. The molecule has 0 unspecified atom stereocenters. The maximum absolute atomic E-state index is 9.18. The summed E-state index contributed by atoms with van der Waals surface area (Å²) in [7, 11) is 0. The molecule has 0 radical (unpaired) electrons. The van der Waals surface area contributed by atoms with Crippen molar-refractivity contribution in [1.82, 2.24) is 4.98 Å². The predicted molar refractivity (Wildman–Crippen MR) is 85.9 cm³/mol. The van der Waals surface area contributed by atoms with Crippen LogP contribution in [0.2, 0.25) is 0 Å². The third kappa shape index (κ3) is 2.81. The molecule has 1 saturated carbocycles. The molecule has 3 nitrogen and oxygen atoms in total. The van der Waals surface area contributed by atoms with E-state index in [1.165, 1.54) is 19.3 Å². The van der Waals surface area contributed by atoms with E-state index in [1.807, 2.05) is 18.2 Å². The van der Waals surface area contributed by atoms with Crippen molar-refractivity contribution in [1.29, 1.82) is 0 Å². The Hall–Kier alpha value is -1.13. The van der Waals surface area contributed by atoms with Crippen LogP contribution in [0, 0.1) is 5.41 Å². The van der Waals surface area contributed by atoms with Crippen molar-refractivity contribution in [3.8, 4) is 0 Å². The fraction of sp³-hybridized carbons (Fsp3) is 0.438. The number of aromatic nitrogens is 1. The van der Waals surface area contributed by atoms with Crippen LogP contribution in [0.1, 0.15) is 25.7 Å². The van der Waals surface area contributed by atoms with Crippen molar-refractivity contribution in [2.45, 2.75) is 25.7 Å². The molecule has 106 valence electrons. The summed E-state index contributed by atoms with van der Waals surface area (Å²) in [6.07, 6.45) is 4.59. The molecule has 1 aromatic heterocycles. The number of rotatable bonds is 5. The zero-order chi connectivity index (χ0) is 14.0. The molecule has 1 aliphatic carbocycles. The summed E-state index contributed by atoms with van der Waals surface area (Å²) >= 11 is 3.47. The lowest BCUT2D eigenvalue weighted by molar-refractivity contribution is 0.102. The van der Waals surface area contributed by atoms with Crippen LogP contribution in [-0.2, 0) is 0 Å². The minimum atomic E-state index is 0.279. The first-order valence-electron chi connectivity index (χ1n) is 7.12. The number of hydrogen-bond donors (Lipinski definition) is 2. The number of halogens is 1. The van der Waals surface area contributed by atoms with E-state index in [0.717, 1.165) is 34.2 Å². The highest BCUT2D eigenvalue weighted by Crippen LogP contribution is 2.43. The summed E-state index contributed by atoms with van der Waals surface area (Å²) in [5, 5.41) is 13.8. The maximum Gasteiger partial charge on any atom is 0.126 e. The topological polar surface area (TPSA) is 45.1 Å². The Balaban J connectivity index is 1.73. The number of fused-ring (bicyclic) bond motifs is 1. The van der Waals surface area contributed by atoms with Gasteiger partial charge in [-0.25, -0.2) is 4.98 Å². The van der Waals surface area contributed by atoms with Gasteiger partial charge in [-0.1, -0.05) is 22.4 Å². The Labute approximate surface area is 127 Å². The number of aliphatic hydroxyl groups is 1. The zero-order valence-corrected chi connectivity index (χ0v) is 13.0. The summed E-state index contributed by atoms with van der Waals surface area (Å²) in [6.45, 7) is 1.18. The van der Waals surface area contributed by atoms with Crippen LogP contribution >= 0.6 is 15.9 Å². The SMILES string of the molecule is OCCC1(CNc2ccc3cc(Br)ccc3n2)CCC1. The minimum Gasteiger partial charge on any atom is -0.396 e. The van der Waals surface area contributed by atoms with Crippen LogP contribution < -0.4 is 5.32 Å². The Kier molecular flexibility index (Phi) is 3.94. The van der Waals surface area contributed by atoms with Crippen LogP contribution in [0.15, 0.2) is 34.8 Å². The van der Waals surface area contributed by atoms with Gasteiger partial charge in [-0.15, -0.1) is 0 Å². The van der Waals surface area contributed by atoms with Gasteiger partial charge >= 0.3 is 0 Å². The molecule has 1 aliphatic rings. The fourth-order valence-electron chi connectivity index (χ4n) is 2.90. The van der Waals surface area contributed by atoms with Gasteiger partial charge < -0.3 is 10.4 Å². The highest BCUT2D eigenvalue weighted by molar-refractivity contribution is 9.10. The van der Waals surface area contributed by atoms with Crippen molar-refractivity contribution < 1.29 is 5.11 Å². The Morgan fingerprint density at radius 1 is 1.25 bits per heavy atom. The van der Waals surface area contributed by atoms with E-state index in [9.17, 15) is 5.11 Å². The second-order valence-electron chi connectivity index (χ2n) is 5.71. The molecule has 2 aromatic rings. The Bertz CT molecular complexity index is 610. The van der Waals surface area contributed by atoms with Crippen molar-refractivity contribution in [2.75, 3.05) is 18.5 Å². The third-order valence-electron chi connectivity index (χ3n) is 4.35. The van der Waals surface area contributed by atoms with Gasteiger partial charge in [-0.3, -0.25) is 0 Å². The number of nitrogens with zero attached hydrogens (tertiary/aromatic N) is 1. The van der Waals surface area contributed by atoms with E-state index in [4.69, 9.17) is 0 Å². The molecule has 0 saturated heterocycles. The first-order chi connectivity index (χ1) is 9.71. The molecule has 0 atom stereocenters. The predicted octanol–water partition coefficient (Wildman–Crippen LogP) is 3.96. The molecule has 0 spiro atoms. The van der Waals surface area contributed by atoms with Gasteiger partial charge in [-0.2, -0.15) is 0 Å². The van der Waals surface area contributed by atoms with Crippen molar-refractivity contribution in [3.63, 3.8) is 0 Å². The van der Waals surface area contributed by atoms with E-state index < -0.39 is 0 Å². The van der Waals surface area contributed by atoms with E-state index in [0.29, 0.717) is 0 Å². The lowest BCUT2D eigenvalue weighted by atomic mass is 9.67. The summed E-state index contributed by atoms with van der Waals surface area (Å²) < 4.78 is 1.07. The number of anilines is 1. The highest BCUT2D eigenvalue weighted by atomic mass is 79.9. The van der Waals surface area contributed by atoms with E-state index in [1.54, 1.807) is 0 Å². The van der Waals surface area contributed by atoms with Gasteiger partial charge in [-0.05, 0) is 55.0 Å². The first kappa shape index (κ1) is 13.8. The fourth-order valence-corrected chi connectivity index (χ4v) is 3.28. The smallest absolute Gasteiger partial charge is 0.126 e. The third-order valence-corrected chi connectivity index (χ3v) is 4.85. The number of aliphatic hydroxyl groups excluding tert-OH is 1. The molecule has 1 aromatic carbocycles. The van der Waals surface area contributed by atoms with Crippen molar-refractivity contribution >= 4 is 32.7 Å². The molecule has 0 amide bonds. The quantitative estimate of drug-likeness (QED) is 0.869. The molecular formula is C16H19BrN2O. The van der Waals surface area contributed by atoms with Gasteiger partial charge in [0.2, 0.25) is 0 Å². The normalized spacial score (nSPS) is 16.9. The second kappa shape index (κ2) is 5.70. The summed E-state index contributed by atoms with van der Waals surface area (Å²) in [4.78, 5) is 4.64. The average Bonchev–Trinajstić information content (AvgIpc) is 2.41. The Morgan fingerprint density at radius 2 is 2.10 bits per heavy atom. The standard InChI is InChI=1S/C16H19BrN2O/c17-13-3-4-14-12(10-13)2-5-15(19-14)18-11-16(8-9-20)6-1-7-16/h2-5,10,20H,1,6-9,11H2,(H,18,19). The van der Waals surface area contributed by atoms with Gasteiger partial charge in [0.05, 0.1) is 5.52 Å². The molecule has 0 aliphatic heterocycles. The molecule has 2 N–H and O–H groups in total. The van der Waals surface area contributed by atoms with Crippen molar-refractivity contribution in [2.24, 2.45) is 5.41 Å². The molecular weight excluding hydrogens is 316 g/mol. The average molecular weight is 335 g/mol. The van der Waals surface area contributed by atoms with E-state index in [-0.39, 0.29) is 12.0 Å². The summed E-state index contributed by atoms with van der Waals surface area (Å²) in [5.74, 6) is 0.920. The number of pyridine rings is 1. The molecule has 20 heavy (non-hydrogen) atoms. The lowest BCUT2D eigenvalue weighted by Gasteiger charge is -2.42. The van der Waals surface area contributed by atoms with Crippen molar-refractivity contribution in [3.05, 3.63) is 34.8 Å². The number of nitrogens with one attached hydrogen (secondary N) is 1. The highest BCUT2D eigenvalue weighted by Gasteiger charge is 2.36. The zero-order valence-electron chi connectivity index (χ0n) is 11.4. The van der Waals surface area contributed by atoms with Crippen LogP contribution in [0.5, 0.6) is 0 Å². The van der Waals surface area contributed by atoms with E-state index >= 15 is 0 Å². The monoisotopic (exact) mass is 334 g/mol. The van der Waals surface area contributed by atoms with Gasteiger partial charge in [0.15, 0.2) is 0 Å². The summed E-state index contributed by atoms with van der Waals surface area (Å²) in [6, 6.07) is 10.2. The molecule has 1 fully saturated rings. The largest absolute Gasteiger partial charge is 0.396 e. The number of hydrogen-bond acceptors (Lipinski definition) is 3. The van der Waals surface area contributed by atoms with Gasteiger partial charge in [0.1, 0.15) is 5.82 Å². The summed E-state index contributed by atoms with van der Waals surface area (Å²) in [5.41, 5.74) is 1.29. The molecule has 1 heterocycles. The minimum absolute atomic E-state index is 0.279.